The minimum Gasteiger partial charge on any atom is -0.508 e. The number of ketones is 2. The summed E-state index contributed by atoms with van der Waals surface area (Å²) in [6.07, 6.45) is 0. The molecule has 5 heteroatoms. The van der Waals surface area contributed by atoms with Crippen LogP contribution in [0.4, 0.5) is 0 Å². The fraction of sp³-hybridized carbons (Fsp3) is 0.0667. The molecular weight excluding hydrogens is 260 g/mol. The van der Waals surface area contributed by atoms with Gasteiger partial charge in [-0.25, -0.2) is 0 Å². The molecule has 0 spiro atoms. The van der Waals surface area contributed by atoms with Gasteiger partial charge in [0, 0.05) is 11.6 Å². The summed E-state index contributed by atoms with van der Waals surface area (Å²) in [5.41, 5.74) is 0.0480. The molecule has 0 aliphatic rings. The zero-order chi connectivity index (χ0) is 14.7. The number of rotatable bonds is 4. The number of hydrogen-bond acceptors (Lipinski definition) is 5. The Hall–Kier alpha value is -2.82. The van der Waals surface area contributed by atoms with E-state index in [4.69, 9.17) is 9.84 Å². The van der Waals surface area contributed by atoms with Crippen LogP contribution < -0.4 is 4.74 Å². The molecule has 0 saturated carbocycles. The molecule has 0 aliphatic heterocycles. The summed E-state index contributed by atoms with van der Waals surface area (Å²) in [6, 6.07) is 9.51. The zero-order valence-electron chi connectivity index (χ0n) is 10.7. The normalized spacial score (nSPS) is 10.1. The van der Waals surface area contributed by atoms with Gasteiger partial charge in [-0.15, -0.1) is 0 Å². The van der Waals surface area contributed by atoms with Crippen molar-refractivity contribution in [3.05, 3.63) is 53.6 Å². The molecule has 102 valence electrons. The monoisotopic (exact) mass is 272 g/mol. The number of aromatic hydroxyl groups is 2. The fourth-order valence-electron chi connectivity index (χ4n) is 1.71. The van der Waals surface area contributed by atoms with Crippen LogP contribution in [0.1, 0.15) is 20.7 Å². The summed E-state index contributed by atoms with van der Waals surface area (Å²) in [6.45, 7) is 0. The maximum atomic E-state index is 12.0. The van der Waals surface area contributed by atoms with E-state index in [1.54, 1.807) is 12.1 Å². The molecule has 2 aromatic rings. The Kier molecular flexibility index (Phi) is 3.70. The summed E-state index contributed by atoms with van der Waals surface area (Å²) in [7, 11) is 1.50. The highest BCUT2D eigenvalue weighted by atomic mass is 16.5. The van der Waals surface area contributed by atoms with Gasteiger partial charge in [-0.05, 0) is 36.4 Å². The first-order chi connectivity index (χ1) is 9.52. The number of carbonyl (C=O) groups is 2. The first-order valence-corrected chi connectivity index (χ1v) is 5.78. The Labute approximate surface area is 115 Å². The van der Waals surface area contributed by atoms with E-state index in [9.17, 15) is 14.7 Å². The van der Waals surface area contributed by atoms with Crippen LogP contribution in [0.3, 0.4) is 0 Å². The highest BCUT2D eigenvalue weighted by molar-refractivity contribution is 6.49. The summed E-state index contributed by atoms with van der Waals surface area (Å²) in [4.78, 5) is 24.0. The van der Waals surface area contributed by atoms with Crippen LogP contribution in [0.15, 0.2) is 42.5 Å². The molecule has 0 atom stereocenters. The highest BCUT2D eigenvalue weighted by Gasteiger charge is 2.21. The summed E-state index contributed by atoms with van der Waals surface area (Å²) < 4.78 is 4.96. The lowest BCUT2D eigenvalue weighted by atomic mass is 10.0. The number of methoxy groups -OCH3 is 1. The molecule has 0 bridgehead atoms. The first kappa shape index (κ1) is 13.6. The van der Waals surface area contributed by atoms with Crippen molar-refractivity contribution in [1.29, 1.82) is 0 Å². The second-order valence-corrected chi connectivity index (χ2v) is 4.09. The minimum absolute atomic E-state index is 0.149. The highest BCUT2D eigenvalue weighted by Crippen LogP contribution is 2.24. The number of benzene rings is 2. The van der Waals surface area contributed by atoms with Gasteiger partial charge in [0.25, 0.3) is 0 Å². The lowest BCUT2D eigenvalue weighted by molar-refractivity contribution is 0.0815. The van der Waals surface area contributed by atoms with Crippen LogP contribution in [0.25, 0.3) is 0 Å². The van der Waals surface area contributed by atoms with Gasteiger partial charge in [0.05, 0.1) is 12.7 Å². The number of phenols is 2. The molecule has 0 heterocycles. The van der Waals surface area contributed by atoms with Gasteiger partial charge in [-0.2, -0.15) is 0 Å². The van der Waals surface area contributed by atoms with Crippen LogP contribution in [-0.2, 0) is 0 Å². The predicted octanol–water partition coefficient (Wildman–Crippen LogP) is 2.17. The second kappa shape index (κ2) is 5.44. The van der Waals surface area contributed by atoms with Crippen molar-refractivity contribution in [2.45, 2.75) is 0 Å². The first-order valence-electron chi connectivity index (χ1n) is 5.78. The quantitative estimate of drug-likeness (QED) is 0.658. The second-order valence-electron chi connectivity index (χ2n) is 4.09. The summed E-state index contributed by atoms with van der Waals surface area (Å²) in [5.74, 6) is -1.63. The van der Waals surface area contributed by atoms with Crippen LogP contribution in [-0.4, -0.2) is 28.9 Å². The van der Waals surface area contributed by atoms with Crippen LogP contribution >= 0.6 is 0 Å². The predicted molar refractivity (Wildman–Crippen MR) is 71.4 cm³/mol. The van der Waals surface area contributed by atoms with Crippen LogP contribution in [0.5, 0.6) is 17.2 Å². The van der Waals surface area contributed by atoms with Crippen molar-refractivity contribution < 1.29 is 24.5 Å². The number of ether oxygens (including phenoxy) is 1. The number of carbonyl (C=O) groups excluding carboxylic acids is 2. The molecule has 2 rings (SSSR count). The molecule has 0 fully saturated rings. The zero-order valence-corrected chi connectivity index (χ0v) is 10.7. The maximum Gasteiger partial charge on any atom is 0.237 e. The van der Waals surface area contributed by atoms with Gasteiger partial charge in [0.2, 0.25) is 11.6 Å². The van der Waals surface area contributed by atoms with Gasteiger partial charge in [-0.1, -0.05) is 0 Å². The van der Waals surface area contributed by atoms with Crippen LogP contribution in [0, 0.1) is 0 Å². The fourth-order valence-corrected chi connectivity index (χ4v) is 1.71. The van der Waals surface area contributed by atoms with E-state index in [1.165, 1.54) is 31.4 Å². The molecule has 0 unspecified atom stereocenters. The Morgan fingerprint density at radius 1 is 0.950 bits per heavy atom. The average molecular weight is 272 g/mol. The van der Waals surface area contributed by atoms with Gasteiger partial charge < -0.3 is 14.9 Å². The van der Waals surface area contributed by atoms with E-state index in [-0.39, 0.29) is 16.9 Å². The summed E-state index contributed by atoms with van der Waals surface area (Å²) in [5, 5.41) is 18.7. The van der Waals surface area contributed by atoms with Crippen molar-refractivity contribution in [3.63, 3.8) is 0 Å². The molecular formula is C15H12O5. The van der Waals surface area contributed by atoms with Crippen molar-refractivity contribution in [2.24, 2.45) is 0 Å². The largest absolute Gasteiger partial charge is 0.508 e. The van der Waals surface area contributed by atoms with Crippen molar-refractivity contribution in [2.75, 3.05) is 7.11 Å². The van der Waals surface area contributed by atoms with Crippen molar-refractivity contribution in [1.82, 2.24) is 0 Å². The van der Waals surface area contributed by atoms with E-state index >= 15 is 0 Å². The molecule has 0 aliphatic carbocycles. The van der Waals surface area contributed by atoms with E-state index < -0.39 is 17.3 Å². The van der Waals surface area contributed by atoms with E-state index in [1.807, 2.05) is 0 Å². The smallest absolute Gasteiger partial charge is 0.237 e. The average Bonchev–Trinajstić information content (AvgIpc) is 2.46. The molecule has 20 heavy (non-hydrogen) atoms. The van der Waals surface area contributed by atoms with Crippen LogP contribution in [0.2, 0.25) is 0 Å². The Morgan fingerprint density at radius 3 is 2.15 bits per heavy atom. The third kappa shape index (κ3) is 2.61. The summed E-state index contributed by atoms with van der Waals surface area (Å²) >= 11 is 0. The minimum atomic E-state index is -0.840. The third-order valence-corrected chi connectivity index (χ3v) is 2.78. The Balaban J connectivity index is 2.29. The SMILES string of the molecule is COc1ccc(C(=O)C(=O)c2ccc(O)cc2O)cc1. The lowest BCUT2D eigenvalue weighted by Gasteiger charge is -2.05. The van der Waals surface area contributed by atoms with Gasteiger partial charge in [-0.3, -0.25) is 9.59 Å². The molecule has 0 amide bonds. The van der Waals surface area contributed by atoms with Crippen molar-refractivity contribution >= 4 is 11.6 Å². The lowest BCUT2D eigenvalue weighted by Crippen LogP contribution is -2.14. The van der Waals surface area contributed by atoms with Gasteiger partial charge in [0.1, 0.15) is 17.2 Å². The molecule has 0 aromatic heterocycles. The molecule has 5 nitrogen and oxygen atoms in total. The Bertz CT molecular complexity index is 658. The van der Waals surface area contributed by atoms with Crippen molar-refractivity contribution in [3.8, 4) is 17.2 Å². The molecule has 0 saturated heterocycles. The maximum absolute atomic E-state index is 12.0. The number of phenolic OH excluding ortho intramolecular Hbond substituents is 2. The topological polar surface area (TPSA) is 83.8 Å². The Morgan fingerprint density at radius 2 is 1.60 bits per heavy atom. The number of Topliss-reactive ketones (excluding diaryl/α,β-unsaturated/α-hetero) is 2. The third-order valence-electron chi connectivity index (χ3n) is 2.78. The molecule has 0 radical (unpaired) electrons. The molecule has 2 N–H and O–H groups in total. The van der Waals surface area contributed by atoms with Gasteiger partial charge in [0.15, 0.2) is 0 Å². The number of hydrogen-bond donors (Lipinski definition) is 2. The van der Waals surface area contributed by atoms with E-state index in [2.05, 4.69) is 0 Å². The van der Waals surface area contributed by atoms with E-state index in [0.29, 0.717) is 5.75 Å². The van der Waals surface area contributed by atoms with Gasteiger partial charge >= 0.3 is 0 Å². The standard InChI is InChI=1S/C15H12O5/c1-20-11-5-2-9(3-6-11)14(18)15(19)12-7-4-10(16)8-13(12)17/h2-8,16-17H,1H3. The van der Waals surface area contributed by atoms with E-state index in [0.717, 1.165) is 6.07 Å². The molecule has 2 aromatic carbocycles.